The highest BCUT2D eigenvalue weighted by atomic mass is 79.9. The fourth-order valence-electron chi connectivity index (χ4n) is 1.06. The van der Waals surface area contributed by atoms with Gasteiger partial charge in [-0.3, -0.25) is 4.79 Å². The number of rotatable bonds is 6. The number of halogens is 2. The van der Waals surface area contributed by atoms with E-state index >= 15 is 0 Å². The van der Waals surface area contributed by atoms with Gasteiger partial charge in [0.05, 0.1) is 13.2 Å². The van der Waals surface area contributed by atoms with Crippen molar-refractivity contribution in [2.45, 2.75) is 0 Å². The van der Waals surface area contributed by atoms with Gasteiger partial charge in [0, 0.05) is 24.3 Å². The molecule has 0 aliphatic rings. The highest BCUT2D eigenvalue weighted by molar-refractivity contribution is 9.10. The fourth-order valence-corrected chi connectivity index (χ4v) is 1.37. The lowest BCUT2D eigenvalue weighted by molar-refractivity contribution is -0.119. The number of amides is 1. The number of carbonyl (C=O) groups excluding carboxylic acids is 1. The molecule has 1 aromatic rings. The van der Waals surface area contributed by atoms with Crippen LogP contribution in [0.5, 0.6) is 0 Å². The number of nitrogens with one attached hydrogen (secondary N) is 2. The summed E-state index contributed by atoms with van der Waals surface area (Å²) in [7, 11) is 1.55. The smallest absolute Gasteiger partial charge is 0.239 e. The monoisotopic (exact) mass is 305 g/mol. The van der Waals surface area contributed by atoms with Crippen molar-refractivity contribution in [2.24, 2.45) is 0 Å². The number of hydrogen-bond acceptors (Lipinski definition) is 4. The minimum absolute atomic E-state index is 0.0325. The Kier molecular flexibility index (Phi) is 5.85. The third-order valence-electron chi connectivity index (χ3n) is 1.85. The molecule has 0 aromatic carbocycles. The molecule has 0 saturated carbocycles. The molecule has 17 heavy (non-hydrogen) atoms. The van der Waals surface area contributed by atoms with Gasteiger partial charge < -0.3 is 15.4 Å². The van der Waals surface area contributed by atoms with Crippen molar-refractivity contribution < 1.29 is 13.9 Å². The molecule has 1 heterocycles. The van der Waals surface area contributed by atoms with Gasteiger partial charge in [-0.15, -0.1) is 0 Å². The Labute approximate surface area is 107 Å². The van der Waals surface area contributed by atoms with Gasteiger partial charge in [0.25, 0.3) is 0 Å². The highest BCUT2D eigenvalue weighted by Crippen LogP contribution is 2.15. The highest BCUT2D eigenvalue weighted by Gasteiger charge is 2.06. The van der Waals surface area contributed by atoms with Crippen LogP contribution < -0.4 is 10.6 Å². The molecule has 1 aromatic heterocycles. The minimum atomic E-state index is -0.510. The van der Waals surface area contributed by atoms with E-state index < -0.39 is 5.82 Å². The van der Waals surface area contributed by atoms with Gasteiger partial charge in [0.15, 0.2) is 11.6 Å². The zero-order valence-corrected chi connectivity index (χ0v) is 10.9. The molecule has 0 fully saturated rings. The van der Waals surface area contributed by atoms with E-state index in [1.54, 1.807) is 7.11 Å². The zero-order valence-electron chi connectivity index (χ0n) is 9.30. The van der Waals surface area contributed by atoms with Gasteiger partial charge in [-0.1, -0.05) is 0 Å². The van der Waals surface area contributed by atoms with E-state index in [9.17, 15) is 9.18 Å². The maximum atomic E-state index is 13.3. The quantitative estimate of drug-likeness (QED) is 0.774. The first-order chi connectivity index (χ1) is 8.13. The summed E-state index contributed by atoms with van der Waals surface area (Å²) in [6.45, 7) is 0.833. The maximum absolute atomic E-state index is 13.3. The van der Waals surface area contributed by atoms with Crippen LogP contribution in [-0.2, 0) is 9.53 Å². The molecule has 0 aliphatic heterocycles. The van der Waals surface area contributed by atoms with Crippen molar-refractivity contribution in [1.82, 2.24) is 10.3 Å². The summed E-state index contributed by atoms with van der Waals surface area (Å²) in [5, 5.41) is 5.21. The van der Waals surface area contributed by atoms with E-state index in [-0.39, 0.29) is 18.3 Å². The molecule has 1 amide bonds. The predicted molar refractivity (Wildman–Crippen MR) is 65.3 cm³/mol. The molecule has 0 aliphatic carbocycles. The van der Waals surface area contributed by atoms with Crippen LogP contribution in [0, 0.1) is 5.82 Å². The topological polar surface area (TPSA) is 63.2 Å². The number of carbonyl (C=O) groups is 1. The number of nitrogens with zero attached hydrogens (tertiary/aromatic N) is 1. The molecule has 0 radical (unpaired) electrons. The van der Waals surface area contributed by atoms with Crippen LogP contribution in [0.1, 0.15) is 0 Å². The van der Waals surface area contributed by atoms with E-state index in [0.717, 1.165) is 0 Å². The average Bonchev–Trinajstić information content (AvgIpc) is 2.28. The lowest BCUT2D eigenvalue weighted by atomic mass is 10.4. The Bertz CT molecular complexity index is 390. The van der Waals surface area contributed by atoms with Gasteiger partial charge >= 0.3 is 0 Å². The second kappa shape index (κ2) is 7.18. The molecule has 0 spiro atoms. The number of anilines is 1. The van der Waals surface area contributed by atoms with Crippen LogP contribution in [0.15, 0.2) is 16.7 Å². The number of aromatic nitrogens is 1. The Morgan fingerprint density at radius 2 is 2.41 bits per heavy atom. The number of hydrogen-bond donors (Lipinski definition) is 2. The lowest BCUT2D eigenvalue weighted by Gasteiger charge is -2.07. The summed E-state index contributed by atoms with van der Waals surface area (Å²) < 4.78 is 18.6. The Hall–Kier alpha value is -1.21. The first-order valence-electron chi connectivity index (χ1n) is 4.94. The summed E-state index contributed by atoms with van der Waals surface area (Å²) in [6, 6.07) is 1.28. The molecule has 1 rings (SSSR count). The third-order valence-corrected chi connectivity index (χ3v) is 2.29. The van der Waals surface area contributed by atoms with Gasteiger partial charge in [0.1, 0.15) is 0 Å². The van der Waals surface area contributed by atoms with Crippen LogP contribution in [0.25, 0.3) is 0 Å². The van der Waals surface area contributed by atoms with Crippen molar-refractivity contribution >= 4 is 27.7 Å². The van der Waals surface area contributed by atoms with Crippen molar-refractivity contribution in [2.75, 3.05) is 32.1 Å². The Morgan fingerprint density at radius 3 is 3.06 bits per heavy atom. The fraction of sp³-hybridized carbons (Fsp3) is 0.400. The number of pyridine rings is 1. The summed E-state index contributed by atoms with van der Waals surface area (Å²) in [6.07, 6.45) is 1.45. The Morgan fingerprint density at radius 1 is 1.65 bits per heavy atom. The van der Waals surface area contributed by atoms with Gasteiger partial charge in [-0.2, -0.15) is 0 Å². The van der Waals surface area contributed by atoms with Crippen LogP contribution in [0.3, 0.4) is 0 Å². The van der Waals surface area contributed by atoms with Crippen molar-refractivity contribution in [3.05, 3.63) is 22.6 Å². The molecular formula is C10H13BrFN3O2. The standard InChI is InChI=1S/C10H13BrFN3O2/c1-17-3-2-13-9(16)6-15-10-8(12)4-7(11)5-14-10/h4-5H,2-3,6H2,1H3,(H,13,16)(H,14,15). The van der Waals surface area contributed by atoms with E-state index in [1.807, 2.05) is 0 Å². The first-order valence-corrected chi connectivity index (χ1v) is 5.73. The molecule has 0 saturated heterocycles. The van der Waals surface area contributed by atoms with Crippen molar-refractivity contribution in [1.29, 1.82) is 0 Å². The largest absolute Gasteiger partial charge is 0.383 e. The second-order valence-corrected chi connectivity index (χ2v) is 4.10. The van der Waals surface area contributed by atoms with Gasteiger partial charge in [-0.05, 0) is 22.0 Å². The summed E-state index contributed by atoms with van der Waals surface area (Å²) in [4.78, 5) is 15.1. The van der Waals surface area contributed by atoms with Crippen molar-refractivity contribution in [3.8, 4) is 0 Å². The molecule has 0 unspecified atom stereocenters. The van der Waals surface area contributed by atoms with E-state index in [4.69, 9.17) is 4.74 Å². The molecule has 2 N–H and O–H groups in total. The maximum Gasteiger partial charge on any atom is 0.239 e. The van der Waals surface area contributed by atoms with Crippen LogP contribution >= 0.6 is 15.9 Å². The summed E-state index contributed by atoms with van der Waals surface area (Å²) >= 11 is 3.09. The predicted octanol–water partition coefficient (Wildman–Crippen LogP) is 1.16. The summed E-state index contributed by atoms with van der Waals surface area (Å²) in [5.41, 5.74) is 0. The van der Waals surface area contributed by atoms with E-state index in [0.29, 0.717) is 17.6 Å². The SMILES string of the molecule is COCCNC(=O)CNc1ncc(Br)cc1F. The number of ether oxygens (including phenoxy) is 1. The lowest BCUT2D eigenvalue weighted by Crippen LogP contribution is -2.32. The molecule has 5 nitrogen and oxygen atoms in total. The molecule has 0 bridgehead atoms. The van der Waals surface area contributed by atoms with Crippen LogP contribution in [-0.4, -0.2) is 37.7 Å². The molecule has 94 valence electrons. The van der Waals surface area contributed by atoms with E-state index in [1.165, 1.54) is 12.3 Å². The van der Waals surface area contributed by atoms with Gasteiger partial charge in [0.2, 0.25) is 5.91 Å². The summed E-state index contributed by atoms with van der Waals surface area (Å²) in [5.74, 6) is -0.703. The molecular weight excluding hydrogens is 293 g/mol. The van der Waals surface area contributed by atoms with Crippen molar-refractivity contribution in [3.63, 3.8) is 0 Å². The zero-order chi connectivity index (χ0) is 12.7. The minimum Gasteiger partial charge on any atom is -0.383 e. The third kappa shape index (κ3) is 5.10. The molecule has 0 atom stereocenters. The average molecular weight is 306 g/mol. The first kappa shape index (κ1) is 13.9. The second-order valence-electron chi connectivity index (χ2n) is 3.18. The molecule has 7 heteroatoms. The number of methoxy groups -OCH3 is 1. The van der Waals surface area contributed by atoms with Crippen LogP contribution in [0.4, 0.5) is 10.2 Å². The van der Waals surface area contributed by atoms with Gasteiger partial charge in [-0.25, -0.2) is 9.37 Å². The normalized spacial score (nSPS) is 10.1. The Balaban J connectivity index is 2.37. The van der Waals surface area contributed by atoms with E-state index in [2.05, 4.69) is 31.5 Å². The van der Waals surface area contributed by atoms with Crippen LogP contribution in [0.2, 0.25) is 0 Å².